The number of hydrogen-bond acceptors (Lipinski definition) is 4. The highest BCUT2D eigenvalue weighted by Crippen LogP contribution is 2.30. The highest BCUT2D eigenvalue weighted by atomic mass is 35.5. The molecule has 1 saturated heterocycles. The molecule has 0 aliphatic carbocycles. The Morgan fingerprint density at radius 3 is 2.44 bits per heavy atom. The maximum atomic E-state index is 12.8. The van der Waals surface area contributed by atoms with Crippen molar-refractivity contribution in [3.63, 3.8) is 0 Å². The van der Waals surface area contributed by atoms with Crippen LogP contribution in [-0.2, 0) is 9.53 Å². The van der Waals surface area contributed by atoms with Crippen LogP contribution in [0.4, 0.5) is 0 Å². The van der Waals surface area contributed by atoms with Gasteiger partial charge in [-0.2, -0.15) is 0 Å². The maximum Gasteiger partial charge on any atom is 0.228 e. The monoisotopic (exact) mass is 414 g/mol. The van der Waals surface area contributed by atoms with Crippen molar-refractivity contribution >= 4 is 30.7 Å². The Morgan fingerprint density at radius 1 is 1.30 bits per heavy atom. The van der Waals surface area contributed by atoms with Gasteiger partial charge in [-0.25, -0.2) is 4.98 Å². The maximum absolute atomic E-state index is 12.8. The predicted molar refractivity (Wildman–Crippen MR) is 111 cm³/mol. The Balaban J connectivity index is 0.00000182. The van der Waals surface area contributed by atoms with Crippen molar-refractivity contribution in [1.29, 1.82) is 0 Å². The van der Waals surface area contributed by atoms with Gasteiger partial charge in [-0.3, -0.25) is 4.79 Å². The Kier molecular flexibility index (Phi) is 8.75. The van der Waals surface area contributed by atoms with E-state index in [0.29, 0.717) is 32.6 Å². The van der Waals surface area contributed by atoms with Crippen LogP contribution >= 0.6 is 24.8 Å². The molecule has 1 aromatic heterocycles. The van der Waals surface area contributed by atoms with Gasteiger partial charge in [0, 0.05) is 37.8 Å². The lowest BCUT2D eigenvalue weighted by molar-refractivity contribution is -0.136. The zero-order valence-electron chi connectivity index (χ0n) is 15.7. The van der Waals surface area contributed by atoms with Gasteiger partial charge in [0.1, 0.15) is 5.82 Å². The van der Waals surface area contributed by atoms with Crippen molar-refractivity contribution in [3.8, 4) is 5.69 Å². The third-order valence-electron chi connectivity index (χ3n) is 5.17. The van der Waals surface area contributed by atoms with Gasteiger partial charge in [0.05, 0.1) is 11.5 Å². The number of hydrogen-bond donors (Lipinski definition) is 2. The number of nitrogens with two attached hydrogens (primary N) is 1. The molecule has 1 aliphatic heterocycles. The molecule has 1 aromatic carbocycles. The first-order valence-corrected chi connectivity index (χ1v) is 8.75. The summed E-state index contributed by atoms with van der Waals surface area (Å²) < 4.78 is 7.41. The molecule has 3 N–H and O–H groups in total. The Morgan fingerprint density at radius 2 is 1.93 bits per heavy atom. The molecular weight excluding hydrogens is 387 g/mol. The fourth-order valence-corrected chi connectivity index (χ4v) is 3.29. The summed E-state index contributed by atoms with van der Waals surface area (Å²) >= 11 is 0. The van der Waals surface area contributed by atoms with Crippen LogP contribution in [0.3, 0.4) is 0 Å². The zero-order valence-corrected chi connectivity index (χ0v) is 17.3. The number of ether oxygens (including phenoxy) is 1. The minimum atomic E-state index is -0.500. The van der Waals surface area contributed by atoms with Gasteiger partial charge in [-0.05, 0) is 44.4 Å². The molecule has 0 bridgehead atoms. The number of nitrogens with zero attached hydrogens (tertiary/aromatic N) is 2. The Hall–Kier alpha value is -1.60. The molecule has 0 spiro atoms. The van der Waals surface area contributed by atoms with Crippen LogP contribution in [0, 0.1) is 12.3 Å². The molecule has 2 heterocycles. The number of rotatable bonds is 5. The number of nitrogens with one attached hydrogen (secondary N) is 1. The van der Waals surface area contributed by atoms with Crippen LogP contribution in [0.2, 0.25) is 0 Å². The smallest absolute Gasteiger partial charge is 0.228 e. The Labute approximate surface area is 172 Å². The topological polar surface area (TPSA) is 82.2 Å². The zero-order chi connectivity index (χ0) is 17.9. The first-order chi connectivity index (χ1) is 12.1. The van der Waals surface area contributed by atoms with Crippen LogP contribution in [0.15, 0.2) is 36.7 Å². The van der Waals surface area contributed by atoms with E-state index in [1.165, 1.54) is 0 Å². The number of amides is 1. The van der Waals surface area contributed by atoms with Gasteiger partial charge in [0.15, 0.2) is 0 Å². The van der Waals surface area contributed by atoms with Crippen LogP contribution in [0.25, 0.3) is 5.69 Å². The SMILES string of the molecule is Cc1nccn1-c1ccc(C(C)NC(=O)C2(CN)CCOCC2)cc1.Cl.Cl. The molecule has 150 valence electrons. The number of carbonyl (C=O) groups is 1. The van der Waals surface area contributed by atoms with E-state index in [-0.39, 0.29) is 36.8 Å². The summed E-state index contributed by atoms with van der Waals surface area (Å²) in [5.74, 6) is 0.971. The van der Waals surface area contributed by atoms with Gasteiger partial charge >= 0.3 is 0 Å². The summed E-state index contributed by atoms with van der Waals surface area (Å²) in [5, 5.41) is 3.13. The number of imidazole rings is 1. The van der Waals surface area contributed by atoms with Crippen LogP contribution < -0.4 is 11.1 Å². The molecular formula is C19H28Cl2N4O2. The fourth-order valence-electron chi connectivity index (χ4n) is 3.29. The summed E-state index contributed by atoms with van der Waals surface area (Å²) in [6, 6.07) is 8.09. The van der Waals surface area contributed by atoms with Crippen molar-refractivity contribution < 1.29 is 9.53 Å². The lowest BCUT2D eigenvalue weighted by Crippen LogP contribution is -2.49. The molecule has 0 saturated carbocycles. The van der Waals surface area contributed by atoms with E-state index in [4.69, 9.17) is 10.5 Å². The largest absolute Gasteiger partial charge is 0.381 e. The molecule has 2 aromatic rings. The van der Waals surface area contributed by atoms with Crippen molar-refractivity contribution in [2.24, 2.45) is 11.1 Å². The van der Waals surface area contributed by atoms with Gasteiger partial charge in [0.2, 0.25) is 5.91 Å². The van der Waals surface area contributed by atoms with Crippen LogP contribution in [0.5, 0.6) is 0 Å². The minimum Gasteiger partial charge on any atom is -0.381 e. The first kappa shape index (κ1) is 23.4. The predicted octanol–water partition coefficient (Wildman–Crippen LogP) is 2.96. The number of aromatic nitrogens is 2. The molecule has 0 radical (unpaired) electrons. The highest BCUT2D eigenvalue weighted by molar-refractivity contribution is 5.85. The van der Waals surface area contributed by atoms with E-state index in [2.05, 4.69) is 10.3 Å². The quantitative estimate of drug-likeness (QED) is 0.787. The van der Waals surface area contributed by atoms with Crippen molar-refractivity contribution in [2.75, 3.05) is 19.8 Å². The lowest BCUT2D eigenvalue weighted by Gasteiger charge is -2.35. The standard InChI is InChI=1S/C19H26N4O2.2ClH/c1-14(22-18(24)19(13-20)7-11-25-12-8-19)16-3-5-17(6-4-16)23-10-9-21-15(23)2;;/h3-6,9-10,14H,7-8,11-13,20H2,1-2H3,(H,22,24);2*1H. The Bertz CT molecular complexity index is 728. The highest BCUT2D eigenvalue weighted by Gasteiger charge is 2.39. The molecule has 8 heteroatoms. The third-order valence-corrected chi connectivity index (χ3v) is 5.17. The minimum absolute atomic E-state index is 0. The molecule has 1 amide bonds. The van der Waals surface area contributed by atoms with Crippen molar-refractivity contribution in [2.45, 2.75) is 32.7 Å². The molecule has 1 fully saturated rings. The van der Waals surface area contributed by atoms with E-state index in [1.807, 2.05) is 48.9 Å². The van der Waals surface area contributed by atoms with Gasteiger partial charge < -0.3 is 20.4 Å². The van der Waals surface area contributed by atoms with E-state index >= 15 is 0 Å². The van der Waals surface area contributed by atoms with Gasteiger partial charge in [-0.15, -0.1) is 24.8 Å². The first-order valence-electron chi connectivity index (χ1n) is 8.75. The second-order valence-electron chi connectivity index (χ2n) is 6.73. The molecule has 6 nitrogen and oxygen atoms in total. The molecule has 1 aliphatic rings. The molecule has 1 atom stereocenters. The summed E-state index contributed by atoms with van der Waals surface area (Å²) in [6.45, 7) is 5.51. The van der Waals surface area contributed by atoms with Crippen LogP contribution in [-0.4, -0.2) is 35.2 Å². The number of benzene rings is 1. The summed E-state index contributed by atoms with van der Waals surface area (Å²) in [7, 11) is 0. The van der Waals surface area contributed by atoms with Crippen LogP contribution in [0.1, 0.15) is 37.2 Å². The number of aryl methyl sites for hydroxylation is 1. The number of halogens is 2. The third kappa shape index (κ3) is 5.02. The second-order valence-corrected chi connectivity index (χ2v) is 6.73. The van der Waals surface area contributed by atoms with Crippen molar-refractivity contribution in [3.05, 3.63) is 48.0 Å². The molecule has 27 heavy (non-hydrogen) atoms. The molecule has 3 rings (SSSR count). The normalized spacial score (nSPS) is 16.6. The van der Waals surface area contributed by atoms with Gasteiger partial charge in [-0.1, -0.05) is 12.1 Å². The molecule has 1 unspecified atom stereocenters. The average molecular weight is 415 g/mol. The van der Waals surface area contributed by atoms with E-state index in [0.717, 1.165) is 17.1 Å². The summed E-state index contributed by atoms with van der Waals surface area (Å²) in [5.41, 5.74) is 7.54. The van der Waals surface area contributed by atoms with E-state index in [9.17, 15) is 4.79 Å². The van der Waals surface area contributed by atoms with Gasteiger partial charge in [0.25, 0.3) is 0 Å². The second kappa shape index (κ2) is 10.1. The fraction of sp³-hybridized carbons (Fsp3) is 0.474. The average Bonchev–Trinajstić information content (AvgIpc) is 3.08. The summed E-state index contributed by atoms with van der Waals surface area (Å²) in [6.07, 6.45) is 5.08. The van der Waals surface area contributed by atoms with Crippen molar-refractivity contribution in [1.82, 2.24) is 14.9 Å². The number of carbonyl (C=O) groups excluding carboxylic acids is 1. The lowest BCUT2D eigenvalue weighted by atomic mass is 9.79. The van der Waals surface area contributed by atoms with E-state index in [1.54, 1.807) is 6.20 Å². The summed E-state index contributed by atoms with van der Waals surface area (Å²) in [4.78, 5) is 17.0. The van der Waals surface area contributed by atoms with E-state index < -0.39 is 5.41 Å².